The monoisotopic (exact) mass is 376 g/mol. The average molecular weight is 377 g/mol. The summed E-state index contributed by atoms with van der Waals surface area (Å²) < 4.78 is 11.0. The number of unbranched alkanes of at least 4 members (excludes halogenated alkanes) is 6. The molecule has 0 aliphatic heterocycles. The van der Waals surface area contributed by atoms with Crippen LogP contribution in [0, 0.1) is 0 Å². The molecule has 1 aromatic carbocycles. The summed E-state index contributed by atoms with van der Waals surface area (Å²) in [6, 6.07) is 6.17. The zero-order chi connectivity index (χ0) is 19.7. The Morgan fingerprint density at radius 1 is 0.704 bits per heavy atom. The molecule has 0 aliphatic rings. The standard InChI is InChI=1S/C24H40O3/c1-4-7-8-9-10-11-12-15-26-16-17-27-24(25)23-19-21(13-5-2)18-22(20-23)14-6-3/h18-20H,4-17H2,1-3H3. The number of carbonyl (C=O) groups excluding carboxylic acids is 1. The van der Waals surface area contributed by atoms with Crippen molar-refractivity contribution in [3.63, 3.8) is 0 Å². The Morgan fingerprint density at radius 2 is 1.30 bits per heavy atom. The molecule has 0 N–H and O–H groups in total. The van der Waals surface area contributed by atoms with Crippen LogP contribution in [0.1, 0.15) is 100 Å². The zero-order valence-electron chi connectivity index (χ0n) is 17.9. The van der Waals surface area contributed by atoms with E-state index in [0.29, 0.717) is 18.8 Å². The van der Waals surface area contributed by atoms with Crippen molar-refractivity contribution in [2.75, 3.05) is 19.8 Å². The van der Waals surface area contributed by atoms with Crippen LogP contribution in [0.2, 0.25) is 0 Å². The van der Waals surface area contributed by atoms with Gasteiger partial charge in [-0.1, -0.05) is 78.2 Å². The Bertz CT molecular complexity index is 486. The summed E-state index contributed by atoms with van der Waals surface area (Å²) in [5.41, 5.74) is 3.13. The smallest absolute Gasteiger partial charge is 0.338 e. The van der Waals surface area contributed by atoms with E-state index in [9.17, 15) is 4.79 Å². The Hall–Kier alpha value is -1.35. The molecule has 0 amide bonds. The predicted molar refractivity (Wildman–Crippen MR) is 114 cm³/mol. The first-order chi connectivity index (χ1) is 13.2. The van der Waals surface area contributed by atoms with Crippen molar-refractivity contribution in [2.24, 2.45) is 0 Å². The van der Waals surface area contributed by atoms with Gasteiger partial charge in [-0.15, -0.1) is 0 Å². The highest BCUT2D eigenvalue weighted by atomic mass is 16.6. The van der Waals surface area contributed by atoms with E-state index < -0.39 is 0 Å². The predicted octanol–water partition coefficient (Wildman–Crippen LogP) is 6.52. The van der Waals surface area contributed by atoms with Crippen LogP contribution >= 0.6 is 0 Å². The number of carbonyl (C=O) groups is 1. The molecule has 0 aliphatic carbocycles. The van der Waals surface area contributed by atoms with Crippen LogP contribution < -0.4 is 0 Å². The molecule has 154 valence electrons. The van der Waals surface area contributed by atoms with Crippen molar-refractivity contribution in [3.05, 3.63) is 34.9 Å². The van der Waals surface area contributed by atoms with Gasteiger partial charge in [0.2, 0.25) is 0 Å². The second kappa shape index (κ2) is 15.7. The molecule has 0 saturated carbocycles. The highest BCUT2D eigenvalue weighted by molar-refractivity contribution is 5.89. The van der Waals surface area contributed by atoms with E-state index in [-0.39, 0.29) is 5.97 Å². The fourth-order valence-electron chi connectivity index (χ4n) is 3.29. The van der Waals surface area contributed by atoms with E-state index in [1.807, 2.05) is 12.1 Å². The third-order valence-corrected chi connectivity index (χ3v) is 4.72. The molecule has 3 nitrogen and oxygen atoms in total. The summed E-state index contributed by atoms with van der Waals surface area (Å²) in [6.07, 6.45) is 13.1. The third kappa shape index (κ3) is 11.2. The van der Waals surface area contributed by atoms with Crippen LogP contribution in [-0.4, -0.2) is 25.8 Å². The van der Waals surface area contributed by atoms with Gasteiger partial charge >= 0.3 is 5.97 Å². The lowest BCUT2D eigenvalue weighted by Gasteiger charge is -2.10. The number of aryl methyl sites for hydroxylation is 2. The molecule has 0 saturated heterocycles. The molecule has 0 heterocycles. The molecule has 0 atom stereocenters. The van der Waals surface area contributed by atoms with Crippen LogP contribution in [0.4, 0.5) is 0 Å². The molecule has 3 heteroatoms. The van der Waals surface area contributed by atoms with Gasteiger partial charge < -0.3 is 9.47 Å². The number of benzene rings is 1. The number of hydrogen-bond donors (Lipinski definition) is 0. The molecule has 0 unspecified atom stereocenters. The van der Waals surface area contributed by atoms with Gasteiger partial charge in [-0.2, -0.15) is 0 Å². The lowest BCUT2D eigenvalue weighted by molar-refractivity contribution is 0.0312. The van der Waals surface area contributed by atoms with Gasteiger partial charge in [0, 0.05) is 6.61 Å². The summed E-state index contributed by atoms with van der Waals surface area (Å²) >= 11 is 0. The topological polar surface area (TPSA) is 35.5 Å². The van der Waals surface area contributed by atoms with E-state index in [0.717, 1.165) is 38.7 Å². The van der Waals surface area contributed by atoms with Crippen LogP contribution in [0.5, 0.6) is 0 Å². The van der Waals surface area contributed by atoms with E-state index in [4.69, 9.17) is 9.47 Å². The minimum absolute atomic E-state index is 0.232. The maximum Gasteiger partial charge on any atom is 0.338 e. The summed E-state index contributed by atoms with van der Waals surface area (Å²) in [5.74, 6) is -0.232. The Kier molecular flexibility index (Phi) is 13.8. The second-order valence-corrected chi connectivity index (χ2v) is 7.41. The second-order valence-electron chi connectivity index (χ2n) is 7.41. The number of hydrogen-bond acceptors (Lipinski definition) is 3. The maximum atomic E-state index is 12.3. The zero-order valence-corrected chi connectivity index (χ0v) is 17.9. The lowest BCUT2D eigenvalue weighted by atomic mass is 10.00. The summed E-state index contributed by atoms with van der Waals surface area (Å²) in [6.45, 7) is 8.14. The summed E-state index contributed by atoms with van der Waals surface area (Å²) in [5, 5.41) is 0. The first-order valence-electron chi connectivity index (χ1n) is 11.1. The number of ether oxygens (including phenoxy) is 2. The molecule has 0 fully saturated rings. The van der Waals surface area contributed by atoms with E-state index >= 15 is 0 Å². The van der Waals surface area contributed by atoms with Crippen molar-refractivity contribution >= 4 is 5.97 Å². The van der Waals surface area contributed by atoms with Gasteiger partial charge in [0.05, 0.1) is 12.2 Å². The van der Waals surface area contributed by atoms with Crippen molar-refractivity contribution < 1.29 is 14.3 Å². The van der Waals surface area contributed by atoms with Crippen LogP contribution in [0.15, 0.2) is 18.2 Å². The van der Waals surface area contributed by atoms with Gasteiger partial charge in [-0.25, -0.2) is 4.79 Å². The molecular formula is C24H40O3. The highest BCUT2D eigenvalue weighted by Crippen LogP contribution is 2.15. The van der Waals surface area contributed by atoms with Crippen LogP contribution in [0.3, 0.4) is 0 Å². The van der Waals surface area contributed by atoms with Crippen LogP contribution in [0.25, 0.3) is 0 Å². The van der Waals surface area contributed by atoms with E-state index in [1.54, 1.807) is 0 Å². The van der Waals surface area contributed by atoms with Gasteiger partial charge in [0.1, 0.15) is 6.61 Å². The highest BCUT2D eigenvalue weighted by Gasteiger charge is 2.10. The van der Waals surface area contributed by atoms with Crippen molar-refractivity contribution in [3.8, 4) is 0 Å². The Morgan fingerprint density at radius 3 is 1.89 bits per heavy atom. The maximum absolute atomic E-state index is 12.3. The molecule has 27 heavy (non-hydrogen) atoms. The van der Waals surface area contributed by atoms with E-state index in [2.05, 4.69) is 26.8 Å². The van der Waals surface area contributed by atoms with Gasteiger partial charge in [0.25, 0.3) is 0 Å². The number of esters is 1. The first kappa shape index (κ1) is 23.7. The van der Waals surface area contributed by atoms with Gasteiger partial charge in [0.15, 0.2) is 0 Å². The molecule has 0 radical (unpaired) electrons. The third-order valence-electron chi connectivity index (χ3n) is 4.72. The molecule has 1 aromatic rings. The van der Waals surface area contributed by atoms with Gasteiger partial charge in [-0.3, -0.25) is 0 Å². The minimum Gasteiger partial charge on any atom is -0.460 e. The normalized spacial score (nSPS) is 10.9. The fourth-order valence-corrected chi connectivity index (χ4v) is 3.29. The first-order valence-corrected chi connectivity index (χ1v) is 11.1. The largest absolute Gasteiger partial charge is 0.460 e. The summed E-state index contributed by atoms with van der Waals surface area (Å²) in [4.78, 5) is 12.3. The van der Waals surface area contributed by atoms with Gasteiger partial charge in [-0.05, 0) is 42.5 Å². The Labute approximate surface area is 166 Å². The van der Waals surface area contributed by atoms with Crippen molar-refractivity contribution in [1.82, 2.24) is 0 Å². The average Bonchev–Trinajstić information content (AvgIpc) is 2.66. The van der Waals surface area contributed by atoms with Crippen molar-refractivity contribution in [2.45, 2.75) is 91.4 Å². The van der Waals surface area contributed by atoms with E-state index in [1.165, 1.54) is 49.7 Å². The lowest BCUT2D eigenvalue weighted by Crippen LogP contribution is -2.12. The molecule has 0 bridgehead atoms. The SMILES string of the molecule is CCCCCCCCCOCCOC(=O)c1cc(CCC)cc(CCC)c1. The Balaban J connectivity index is 2.22. The van der Waals surface area contributed by atoms with Crippen molar-refractivity contribution in [1.29, 1.82) is 0 Å². The molecule has 1 rings (SSSR count). The number of rotatable bonds is 16. The minimum atomic E-state index is -0.232. The molecular weight excluding hydrogens is 336 g/mol. The quantitative estimate of drug-likeness (QED) is 0.243. The molecule has 0 aromatic heterocycles. The van der Waals surface area contributed by atoms with Crippen LogP contribution in [-0.2, 0) is 22.3 Å². The molecule has 0 spiro atoms. The fraction of sp³-hybridized carbons (Fsp3) is 0.708. The summed E-state index contributed by atoms with van der Waals surface area (Å²) in [7, 11) is 0.